The van der Waals surface area contributed by atoms with Gasteiger partial charge in [-0.3, -0.25) is 0 Å². The van der Waals surface area contributed by atoms with Crippen LogP contribution < -0.4 is 15.8 Å². The molecule has 0 aliphatic heterocycles. The minimum atomic E-state index is -2.91. The van der Waals surface area contributed by atoms with Crippen molar-refractivity contribution in [2.75, 3.05) is 18.2 Å². The summed E-state index contributed by atoms with van der Waals surface area (Å²) in [5.41, 5.74) is 7.22. The molecule has 2 heterocycles. The third-order valence-corrected chi connectivity index (χ3v) is 6.10. The molecule has 12 heteroatoms. The largest absolute Gasteiger partial charge is 0.504 e. The number of nitrogens with two attached hydrogens (primary N) is 1. The van der Waals surface area contributed by atoms with Crippen molar-refractivity contribution in [2.45, 2.75) is 19.9 Å². The molecule has 0 bridgehead atoms. The van der Waals surface area contributed by atoms with Gasteiger partial charge in [0.2, 0.25) is 5.13 Å². The maximum atomic E-state index is 13.3. The van der Waals surface area contributed by atoms with Crippen molar-refractivity contribution in [3.05, 3.63) is 80.9 Å². The Balaban J connectivity index is 0.000000202. The summed E-state index contributed by atoms with van der Waals surface area (Å²) in [6.45, 7) is 2.46. The molecule has 6 nitrogen and oxygen atoms in total. The summed E-state index contributed by atoms with van der Waals surface area (Å²) in [7, 11) is 1.53. The van der Waals surface area contributed by atoms with Crippen LogP contribution in [0.5, 0.6) is 11.5 Å². The van der Waals surface area contributed by atoms with Crippen molar-refractivity contribution in [1.82, 2.24) is 9.97 Å². The summed E-state index contributed by atoms with van der Waals surface area (Å²) >= 11 is 5.71. The van der Waals surface area contributed by atoms with Gasteiger partial charge in [0.25, 0.3) is 6.43 Å². The quantitative estimate of drug-likeness (QED) is 0.156. The number of phenolic OH excluding ortho intramolecular Hbond substituents is 1. The number of hydrogen-bond acceptors (Lipinski definition) is 7. The molecule has 2 aromatic heterocycles. The zero-order valence-electron chi connectivity index (χ0n) is 19.1. The van der Waals surface area contributed by atoms with E-state index in [0.717, 1.165) is 33.6 Å². The molecule has 190 valence electrons. The molecule has 0 saturated heterocycles. The van der Waals surface area contributed by atoms with Crippen LogP contribution in [0.4, 0.5) is 28.4 Å². The van der Waals surface area contributed by atoms with E-state index in [9.17, 15) is 22.7 Å². The molecular weight excluding hydrogens is 516 g/mol. The first-order chi connectivity index (χ1) is 17.1. The number of ether oxygens (including phenoxy) is 1. The third-order valence-electron chi connectivity index (χ3n) is 4.99. The Labute approximate surface area is 213 Å². The van der Waals surface area contributed by atoms with Gasteiger partial charge >= 0.3 is 0 Å². The SMILES string of the molecule is COc1cccc(CNc2c[nH]c(=S)c(C)c2)c1O.Nc1nc(-c2ccc(C(F)F)c(F)c2)c(F)s1. The fourth-order valence-electron chi connectivity index (χ4n) is 3.12. The lowest BCUT2D eigenvalue weighted by Crippen LogP contribution is -2.01. The van der Waals surface area contributed by atoms with Crippen LogP contribution in [0.25, 0.3) is 11.3 Å². The number of pyridine rings is 1. The zero-order valence-corrected chi connectivity index (χ0v) is 20.7. The van der Waals surface area contributed by atoms with Crippen LogP contribution in [0.2, 0.25) is 0 Å². The number of aromatic amines is 1. The number of nitrogens with zero attached hydrogens (tertiary/aromatic N) is 1. The van der Waals surface area contributed by atoms with Gasteiger partial charge in [-0.15, -0.1) is 0 Å². The van der Waals surface area contributed by atoms with E-state index in [2.05, 4.69) is 15.3 Å². The molecular formula is C24H22F4N4O2S2. The molecule has 0 unspecified atom stereocenters. The highest BCUT2D eigenvalue weighted by atomic mass is 32.1. The van der Waals surface area contributed by atoms with Crippen molar-refractivity contribution >= 4 is 34.4 Å². The molecule has 0 aliphatic rings. The van der Waals surface area contributed by atoms with E-state index in [-0.39, 0.29) is 22.1 Å². The number of aromatic nitrogens is 2. The van der Waals surface area contributed by atoms with Gasteiger partial charge in [0.05, 0.1) is 18.4 Å². The number of hydrogen-bond donors (Lipinski definition) is 4. The number of methoxy groups -OCH3 is 1. The molecule has 0 spiro atoms. The van der Waals surface area contributed by atoms with Gasteiger partial charge in [0.1, 0.15) is 16.2 Å². The number of halogens is 4. The van der Waals surface area contributed by atoms with E-state index in [0.29, 0.717) is 23.6 Å². The van der Waals surface area contributed by atoms with Gasteiger partial charge in [-0.2, -0.15) is 4.39 Å². The van der Waals surface area contributed by atoms with E-state index >= 15 is 0 Å². The summed E-state index contributed by atoms with van der Waals surface area (Å²) in [6.07, 6.45) is -1.10. The highest BCUT2D eigenvalue weighted by Crippen LogP contribution is 2.31. The van der Waals surface area contributed by atoms with E-state index < -0.39 is 22.9 Å². The topological polar surface area (TPSA) is 96.2 Å². The van der Waals surface area contributed by atoms with E-state index in [1.165, 1.54) is 13.2 Å². The number of aryl methyl sites for hydroxylation is 1. The van der Waals surface area contributed by atoms with Crippen LogP contribution in [0, 0.1) is 22.5 Å². The summed E-state index contributed by atoms with van der Waals surface area (Å²) in [6, 6.07) is 10.3. The first-order valence-corrected chi connectivity index (χ1v) is 11.6. The molecule has 0 saturated carbocycles. The van der Waals surface area contributed by atoms with E-state index in [1.54, 1.807) is 6.07 Å². The van der Waals surface area contributed by atoms with Crippen molar-refractivity contribution in [1.29, 1.82) is 0 Å². The fourth-order valence-corrected chi connectivity index (χ4v) is 3.82. The standard InChI is InChI=1S/C14H16N2O2S.C10H6F4N2S/c1-9-6-11(8-16-14(9)19)15-7-10-4-3-5-12(18-2)13(10)17;11-6-3-4(1-2-5(6)8(12)13)7-9(14)17-10(15)16-7/h3-6,8,15,17H,7H2,1-2H3,(H,16,19);1-3,8H,(H2,15,16). The van der Waals surface area contributed by atoms with Crippen LogP contribution in [0.15, 0.2) is 48.7 Å². The van der Waals surface area contributed by atoms with Gasteiger partial charge in [-0.1, -0.05) is 41.8 Å². The fraction of sp³-hybridized carbons (Fsp3) is 0.167. The van der Waals surface area contributed by atoms with Gasteiger partial charge in [0, 0.05) is 23.9 Å². The minimum absolute atomic E-state index is 0.00385. The average Bonchev–Trinajstić information content (AvgIpc) is 3.18. The summed E-state index contributed by atoms with van der Waals surface area (Å²) < 4.78 is 57.0. The third kappa shape index (κ3) is 6.52. The van der Waals surface area contributed by atoms with Crippen LogP contribution >= 0.6 is 23.6 Å². The van der Waals surface area contributed by atoms with Gasteiger partial charge in [0.15, 0.2) is 16.6 Å². The molecule has 0 atom stereocenters. The maximum Gasteiger partial charge on any atom is 0.266 e. The molecule has 5 N–H and O–H groups in total. The second kappa shape index (κ2) is 11.9. The average molecular weight is 539 g/mol. The zero-order chi connectivity index (χ0) is 26.4. The number of nitrogens with one attached hydrogen (secondary N) is 2. The highest BCUT2D eigenvalue weighted by molar-refractivity contribution is 7.71. The van der Waals surface area contributed by atoms with Crippen LogP contribution in [0.3, 0.4) is 0 Å². The summed E-state index contributed by atoms with van der Waals surface area (Å²) in [4.78, 5) is 6.67. The van der Waals surface area contributed by atoms with E-state index in [1.807, 2.05) is 31.3 Å². The number of alkyl halides is 2. The predicted molar refractivity (Wildman–Crippen MR) is 135 cm³/mol. The van der Waals surface area contributed by atoms with Gasteiger partial charge in [-0.25, -0.2) is 18.2 Å². The second-order valence-corrected chi connectivity index (χ2v) is 8.82. The number of aromatic hydroxyl groups is 1. The smallest absolute Gasteiger partial charge is 0.266 e. The Hall–Kier alpha value is -3.64. The predicted octanol–water partition coefficient (Wildman–Crippen LogP) is 6.99. The van der Waals surface area contributed by atoms with Crippen molar-refractivity contribution in [3.63, 3.8) is 0 Å². The number of benzene rings is 2. The Morgan fingerprint density at radius 2 is 1.97 bits per heavy atom. The van der Waals surface area contributed by atoms with Crippen molar-refractivity contribution in [3.8, 4) is 22.8 Å². The summed E-state index contributed by atoms with van der Waals surface area (Å²) in [5, 5.41) is 12.5. The number of anilines is 2. The number of rotatable bonds is 6. The van der Waals surface area contributed by atoms with Crippen molar-refractivity contribution in [2.24, 2.45) is 0 Å². The Morgan fingerprint density at radius 3 is 2.56 bits per heavy atom. The van der Waals surface area contributed by atoms with E-state index in [4.69, 9.17) is 22.7 Å². The first-order valence-electron chi connectivity index (χ1n) is 10.4. The maximum absolute atomic E-state index is 13.3. The second-order valence-electron chi connectivity index (χ2n) is 7.43. The monoisotopic (exact) mass is 538 g/mol. The molecule has 0 radical (unpaired) electrons. The number of nitrogen functional groups attached to an aromatic ring is 1. The number of thiazole rings is 1. The summed E-state index contributed by atoms with van der Waals surface area (Å²) in [5.74, 6) is -0.454. The van der Waals surface area contributed by atoms with Crippen molar-refractivity contribution < 1.29 is 27.4 Å². The van der Waals surface area contributed by atoms with Gasteiger partial charge in [-0.05, 0) is 36.8 Å². The lowest BCUT2D eigenvalue weighted by atomic mass is 10.1. The number of phenols is 1. The molecule has 0 amide bonds. The van der Waals surface area contributed by atoms with Crippen LogP contribution in [-0.4, -0.2) is 22.2 Å². The lowest BCUT2D eigenvalue weighted by molar-refractivity contribution is 0.146. The Kier molecular flexibility index (Phi) is 8.88. The highest BCUT2D eigenvalue weighted by Gasteiger charge is 2.17. The molecule has 4 rings (SSSR count). The first kappa shape index (κ1) is 27.0. The number of H-pyrrole nitrogens is 1. The number of para-hydroxylation sites is 1. The Morgan fingerprint density at radius 1 is 1.22 bits per heavy atom. The normalized spacial score (nSPS) is 10.6. The molecule has 36 heavy (non-hydrogen) atoms. The van der Waals surface area contributed by atoms with Crippen LogP contribution in [0.1, 0.15) is 23.1 Å². The molecule has 2 aromatic carbocycles. The Bertz CT molecular complexity index is 1410. The lowest BCUT2D eigenvalue weighted by Gasteiger charge is -2.11. The minimum Gasteiger partial charge on any atom is -0.504 e. The molecule has 0 aliphatic carbocycles. The molecule has 4 aromatic rings. The molecule has 0 fully saturated rings. The van der Waals surface area contributed by atoms with Gasteiger partial charge < -0.3 is 25.9 Å². The van der Waals surface area contributed by atoms with Crippen LogP contribution in [-0.2, 0) is 6.54 Å².